The third-order valence-corrected chi connectivity index (χ3v) is 3.48. The first-order valence-corrected chi connectivity index (χ1v) is 7.21. The van der Waals surface area contributed by atoms with E-state index in [-0.39, 0.29) is 18.0 Å². The lowest BCUT2D eigenvalue weighted by Gasteiger charge is -2.20. The highest BCUT2D eigenvalue weighted by Crippen LogP contribution is 2.27. The van der Waals surface area contributed by atoms with Crippen molar-refractivity contribution in [2.24, 2.45) is 0 Å². The normalized spacial score (nSPS) is 12.3. The molecule has 1 atom stereocenters. The predicted octanol–water partition coefficient (Wildman–Crippen LogP) is 1.79. The van der Waals surface area contributed by atoms with Crippen LogP contribution in [0.1, 0.15) is 17.2 Å². The Bertz CT molecular complexity index is 631. The third kappa shape index (κ3) is 4.85. The molecule has 0 bridgehead atoms. The van der Waals surface area contributed by atoms with Gasteiger partial charge >= 0.3 is 0 Å². The van der Waals surface area contributed by atoms with E-state index in [2.05, 4.69) is 5.43 Å². The van der Waals surface area contributed by atoms with Gasteiger partial charge in [0.2, 0.25) is 0 Å². The van der Waals surface area contributed by atoms with E-state index >= 15 is 0 Å². The molecule has 0 saturated heterocycles. The lowest BCUT2D eigenvalue weighted by molar-refractivity contribution is 0.0948. The molecule has 0 heterocycles. The zero-order chi connectivity index (χ0) is 16.8. The lowest BCUT2D eigenvalue weighted by Crippen LogP contribution is -2.31. The van der Waals surface area contributed by atoms with Gasteiger partial charge in [-0.25, -0.2) is 5.01 Å². The maximum absolute atomic E-state index is 10.2. The number of aromatic hydroxyl groups is 2. The maximum Gasteiger partial charge on any atom is 0.157 e. The molecular weight excluding hydrogens is 296 g/mol. The van der Waals surface area contributed by atoms with Crippen molar-refractivity contribution in [2.75, 3.05) is 20.7 Å². The number of methoxy groups -OCH3 is 1. The number of rotatable bonds is 7. The third-order valence-electron chi connectivity index (χ3n) is 3.48. The van der Waals surface area contributed by atoms with Crippen LogP contribution in [0.15, 0.2) is 42.5 Å². The van der Waals surface area contributed by atoms with Crippen LogP contribution in [0.25, 0.3) is 0 Å². The summed E-state index contributed by atoms with van der Waals surface area (Å²) in [6, 6.07) is 11.9. The van der Waals surface area contributed by atoms with Gasteiger partial charge in [0.25, 0.3) is 0 Å². The van der Waals surface area contributed by atoms with Crippen molar-refractivity contribution in [1.29, 1.82) is 0 Å². The first-order chi connectivity index (χ1) is 11.0. The molecule has 1 unspecified atom stereocenters. The van der Waals surface area contributed by atoms with E-state index < -0.39 is 6.10 Å². The standard InChI is InChI=1S/C17H21N2O4/c1-19(18-10-12-3-6-14(23-2)7-4-12)11-17(22)13-5-8-15(20)16(21)9-13/h3-9,17,20-22H,10-11H2,1-2H3. The molecule has 0 saturated carbocycles. The Kier molecular flexibility index (Phi) is 5.81. The molecule has 0 aliphatic heterocycles. The fourth-order valence-electron chi connectivity index (χ4n) is 2.09. The summed E-state index contributed by atoms with van der Waals surface area (Å²) in [6.07, 6.45) is -0.814. The van der Waals surface area contributed by atoms with Gasteiger partial charge in [-0.2, -0.15) is 5.43 Å². The average Bonchev–Trinajstić information content (AvgIpc) is 2.55. The number of likely N-dealkylation sites (N-methyl/N-ethyl adjacent to an activating group) is 1. The predicted molar refractivity (Wildman–Crippen MR) is 86.2 cm³/mol. The highest BCUT2D eigenvalue weighted by atomic mass is 16.5. The summed E-state index contributed by atoms with van der Waals surface area (Å²) < 4.78 is 5.10. The molecule has 2 aromatic carbocycles. The van der Waals surface area contributed by atoms with Gasteiger partial charge < -0.3 is 20.1 Å². The number of phenolic OH excluding ortho intramolecular Hbond substituents is 2. The SMILES string of the molecule is COc1ccc(C[N]N(C)CC(O)c2ccc(O)c(O)c2)cc1. The molecule has 0 spiro atoms. The lowest BCUT2D eigenvalue weighted by atomic mass is 10.1. The summed E-state index contributed by atoms with van der Waals surface area (Å²) in [4.78, 5) is 0. The van der Waals surface area contributed by atoms with Gasteiger partial charge in [-0.05, 0) is 35.4 Å². The van der Waals surface area contributed by atoms with Gasteiger partial charge in [0.15, 0.2) is 11.5 Å². The van der Waals surface area contributed by atoms with Gasteiger partial charge in [0, 0.05) is 13.6 Å². The monoisotopic (exact) mass is 317 g/mol. The molecule has 0 aliphatic rings. The molecule has 2 rings (SSSR count). The number of aliphatic hydroxyl groups is 1. The average molecular weight is 317 g/mol. The minimum absolute atomic E-state index is 0.210. The van der Waals surface area contributed by atoms with Crippen molar-refractivity contribution in [1.82, 2.24) is 10.4 Å². The summed E-state index contributed by atoms with van der Waals surface area (Å²) in [7, 11) is 3.39. The smallest absolute Gasteiger partial charge is 0.157 e. The van der Waals surface area contributed by atoms with Crippen molar-refractivity contribution in [3.63, 3.8) is 0 Å². The van der Waals surface area contributed by atoms with E-state index in [9.17, 15) is 15.3 Å². The van der Waals surface area contributed by atoms with Crippen LogP contribution in [0.3, 0.4) is 0 Å². The number of ether oxygens (including phenoxy) is 1. The van der Waals surface area contributed by atoms with Crippen LogP contribution in [-0.4, -0.2) is 41.0 Å². The summed E-state index contributed by atoms with van der Waals surface area (Å²) in [5.74, 6) is 0.336. The summed E-state index contributed by atoms with van der Waals surface area (Å²) in [5.41, 5.74) is 5.93. The minimum Gasteiger partial charge on any atom is -0.504 e. The fraction of sp³-hybridized carbons (Fsp3) is 0.294. The number of phenols is 2. The number of aliphatic hydroxyl groups excluding tert-OH is 1. The highest BCUT2D eigenvalue weighted by molar-refractivity contribution is 5.41. The van der Waals surface area contributed by atoms with Crippen molar-refractivity contribution in [3.8, 4) is 17.2 Å². The minimum atomic E-state index is -0.814. The van der Waals surface area contributed by atoms with Crippen molar-refractivity contribution < 1.29 is 20.1 Å². The second-order valence-electron chi connectivity index (χ2n) is 5.25. The summed E-state index contributed by atoms with van der Waals surface area (Å²) in [5, 5.41) is 30.6. The molecule has 3 N–H and O–H groups in total. The Labute approximate surface area is 135 Å². The Morgan fingerprint density at radius 1 is 1.09 bits per heavy atom. The molecule has 0 aliphatic carbocycles. The zero-order valence-corrected chi connectivity index (χ0v) is 13.2. The Morgan fingerprint density at radius 2 is 1.78 bits per heavy atom. The Balaban J connectivity index is 1.85. The largest absolute Gasteiger partial charge is 0.504 e. The quantitative estimate of drug-likeness (QED) is 0.535. The molecule has 2 aromatic rings. The van der Waals surface area contributed by atoms with E-state index in [4.69, 9.17) is 4.74 Å². The van der Waals surface area contributed by atoms with Crippen LogP contribution in [0, 0.1) is 0 Å². The Morgan fingerprint density at radius 3 is 2.39 bits per heavy atom. The summed E-state index contributed by atoms with van der Waals surface area (Å²) in [6.45, 7) is 0.772. The van der Waals surface area contributed by atoms with E-state index in [1.807, 2.05) is 24.3 Å². The maximum atomic E-state index is 10.2. The molecule has 123 valence electrons. The molecule has 1 radical (unpaired) electrons. The van der Waals surface area contributed by atoms with Gasteiger partial charge in [-0.15, -0.1) is 0 Å². The molecule has 6 heteroatoms. The van der Waals surface area contributed by atoms with Crippen LogP contribution in [0.2, 0.25) is 0 Å². The topological polar surface area (TPSA) is 87.3 Å². The van der Waals surface area contributed by atoms with Gasteiger partial charge in [0.05, 0.1) is 19.8 Å². The Hall–Kier alpha value is -2.28. The van der Waals surface area contributed by atoms with E-state index in [0.29, 0.717) is 12.1 Å². The van der Waals surface area contributed by atoms with Crippen LogP contribution in [-0.2, 0) is 6.54 Å². The zero-order valence-electron chi connectivity index (χ0n) is 13.2. The molecule has 23 heavy (non-hydrogen) atoms. The van der Waals surface area contributed by atoms with Crippen LogP contribution < -0.4 is 10.2 Å². The molecule has 0 aromatic heterocycles. The molecule has 6 nitrogen and oxygen atoms in total. The number of benzene rings is 2. The van der Waals surface area contributed by atoms with Gasteiger partial charge in [0.1, 0.15) is 5.75 Å². The number of nitrogens with zero attached hydrogens (tertiary/aromatic N) is 2. The van der Waals surface area contributed by atoms with Crippen molar-refractivity contribution >= 4 is 0 Å². The highest BCUT2D eigenvalue weighted by Gasteiger charge is 2.13. The first-order valence-electron chi connectivity index (χ1n) is 7.21. The van der Waals surface area contributed by atoms with Gasteiger partial charge in [-0.1, -0.05) is 18.2 Å². The second-order valence-corrected chi connectivity index (χ2v) is 5.25. The first kappa shape index (κ1) is 17.1. The van der Waals surface area contributed by atoms with E-state index in [1.165, 1.54) is 12.1 Å². The molecular formula is C17H21N2O4. The van der Waals surface area contributed by atoms with E-state index in [0.717, 1.165) is 11.3 Å². The number of hydrogen-bond acceptors (Lipinski definition) is 5. The van der Waals surface area contributed by atoms with E-state index in [1.54, 1.807) is 25.2 Å². The number of hydrogen-bond donors (Lipinski definition) is 3. The fourth-order valence-corrected chi connectivity index (χ4v) is 2.09. The van der Waals surface area contributed by atoms with Gasteiger partial charge in [-0.3, -0.25) is 0 Å². The van der Waals surface area contributed by atoms with Crippen molar-refractivity contribution in [2.45, 2.75) is 12.6 Å². The molecule has 0 amide bonds. The van der Waals surface area contributed by atoms with Crippen molar-refractivity contribution in [3.05, 3.63) is 53.6 Å². The van der Waals surface area contributed by atoms with Crippen LogP contribution in [0.5, 0.6) is 17.2 Å². The molecule has 0 fully saturated rings. The summed E-state index contributed by atoms with van der Waals surface area (Å²) >= 11 is 0. The van der Waals surface area contributed by atoms with Crippen LogP contribution >= 0.6 is 0 Å². The van der Waals surface area contributed by atoms with Crippen LogP contribution in [0.4, 0.5) is 0 Å². The second kappa shape index (κ2) is 7.82.